The Morgan fingerprint density at radius 2 is 1.65 bits per heavy atom. The van der Waals surface area contributed by atoms with Crippen molar-refractivity contribution in [2.75, 3.05) is 13.6 Å². The first-order chi connectivity index (χ1) is 14.7. The van der Waals surface area contributed by atoms with E-state index in [0.717, 1.165) is 48.3 Å². The quantitative estimate of drug-likeness (QED) is 0.535. The number of likely N-dealkylation sites (tertiary alicyclic amines) is 1. The van der Waals surface area contributed by atoms with Gasteiger partial charge in [0, 0.05) is 12.5 Å². The van der Waals surface area contributed by atoms with Crippen molar-refractivity contribution in [2.24, 2.45) is 52.3 Å². The van der Waals surface area contributed by atoms with Crippen molar-refractivity contribution in [3.05, 3.63) is 0 Å². The minimum absolute atomic E-state index is 0.00974. The first kappa shape index (κ1) is 21.4. The molecule has 1 N–H and O–H groups in total. The van der Waals surface area contributed by atoms with Gasteiger partial charge in [0.15, 0.2) is 0 Å². The summed E-state index contributed by atoms with van der Waals surface area (Å²) >= 11 is 0. The van der Waals surface area contributed by atoms with Crippen LogP contribution in [0.25, 0.3) is 0 Å². The molecule has 2 heterocycles. The van der Waals surface area contributed by atoms with Crippen molar-refractivity contribution < 1.29 is 9.84 Å². The summed E-state index contributed by atoms with van der Waals surface area (Å²) in [7, 11) is 2.34. The Morgan fingerprint density at radius 3 is 2.42 bits per heavy atom. The highest BCUT2D eigenvalue weighted by atomic mass is 16.5. The Kier molecular flexibility index (Phi) is 4.80. The molecule has 0 bridgehead atoms. The van der Waals surface area contributed by atoms with Gasteiger partial charge in [0.05, 0.1) is 12.2 Å². The topological polar surface area (TPSA) is 32.7 Å². The van der Waals surface area contributed by atoms with Gasteiger partial charge in [-0.25, -0.2) is 0 Å². The van der Waals surface area contributed by atoms with E-state index >= 15 is 0 Å². The number of hydrogen-bond acceptors (Lipinski definition) is 3. The number of ether oxygens (including phenoxy) is 1. The summed E-state index contributed by atoms with van der Waals surface area (Å²) in [6.45, 7) is 11.5. The minimum Gasteiger partial charge on any atom is -0.393 e. The molecule has 0 radical (unpaired) electrons. The van der Waals surface area contributed by atoms with Gasteiger partial charge in [0.1, 0.15) is 5.72 Å². The summed E-state index contributed by atoms with van der Waals surface area (Å²) in [4.78, 5) is 2.60. The van der Waals surface area contributed by atoms with E-state index in [-0.39, 0.29) is 11.8 Å². The van der Waals surface area contributed by atoms with Gasteiger partial charge in [0.2, 0.25) is 0 Å². The summed E-state index contributed by atoms with van der Waals surface area (Å²) in [5.41, 5.74) is 0.959. The van der Waals surface area contributed by atoms with E-state index in [2.05, 4.69) is 39.6 Å². The molecule has 6 fully saturated rings. The van der Waals surface area contributed by atoms with Crippen molar-refractivity contribution in [2.45, 2.75) is 110 Å². The van der Waals surface area contributed by atoms with Crippen LogP contribution in [0.5, 0.6) is 0 Å². The van der Waals surface area contributed by atoms with E-state index in [9.17, 15) is 5.11 Å². The number of fused-ring (bicyclic) bond motifs is 7. The van der Waals surface area contributed by atoms with Gasteiger partial charge in [-0.3, -0.25) is 4.90 Å². The SMILES string of the molecule is CC1CCC2(OC3CC4C5CCC6CC(O)CCC6(C)C5CCC4(C)C3C2C)N(C)C1. The van der Waals surface area contributed by atoms with Crippen LogP contribution in [0.4, 0.5) is 0 Å². The minimum atomic E-state index is -0.0324. The summed E-state index contributed by atoms with van der Waals surface area (Å²) in [5, 5.41) is 10.3. The Hall–Kier alpha value is -0.120. The fraction of sp³-hybridized carbons (Fsp3) is 1.00. The van der Waals surface area contributed by atoms with Crippen molar-refractivity contribution >= 4 is 0 Å². The average Bonchev–Trinajstić information content (AvgIpc) is 3.17. The molecule has 4 saturated carbocycles. The third kappa shape index (κ3) is 2.75. The zero-order chi connectivity index (χ0) is 21.8. The van der Waals surface area contributed by atoms with Gasteiger partial charge in [-0.2, -0.15) is 0 Å². The smallest absolute Gasteiger partial charge is 0.124 e. The van der Waals surface area contributed by atoms with Gasteiger partial charge in [-0.15, -0.1) is 0 Å². The van der Waals surface area contributed by atoms with Crippen LogP contribution in [0.2, 0.25) is 0 Å². The van der Waals surface area contributed by atoms with E-state index in [0.29, 0.717) is 22.9 Å². The molecule has 2 aliphatic heterocycles. The summed E-state index contributed by atoms with van der Waals surface area (Å²) in [6.07, 6.45) is 13.3. The van der Waals surface area contributed by atoms with E-state index in [1.807, 2.05) is 0 Å². The second kappa shape index (κ2) is 6.95. The zero-order valence-electron chi connectivity index (χ0n) is 20.8. The van der Waals surface area contributed by atoms with Gasteiger partial charge in [-0.05, 0) is 118 Å². The van der Waals surface area contributed by atoms with Crippen LogP contribution < -0.4 is 0 Å². The molecule has 176 valence electrons. The predicted molar refractivity (Wildman–Crippen MR) is 124 cm³/mol. The van der Waals surface area contributed by atoms with Gasteiger partial charge in [0.25, 0.3) is 0 Å². The standard InChI is InChI=1S/C28H47NO2/c1-17-8-13-28(29(5)16-17)18(2)25-24(31-28)15-23-21-7-6-19-14-20(30)9-11-26(19,3)22(21)10-12-27(23,25)4/h17-25,30H,6-16H2,1-5H3. The maximum atomic E-state index is 10.3. The number of hydrogen-bond donors (Lipinski definition) is 1. The maximum absolute atomic E-state index is 10.3. The number of piperidine rings is 1. The van der Waals surface area contributed by atoms with Crippen LogP contribution in [0.1, 0.15) is 91.9 Å². The first-order valence-electron chi connectivity index (χ1n) is 13.8. The molecule has 3 heteroatoms. The third-order valence-corrected chi connectivity index (χ3v) is 12.6. The summed E-state index contributed by atoms with van der Waals surface area (Å²) in [5.74, 6) is 5.61. The first-order valence-corrected chi connectivity index (χ1v) is 13.8. The van der Waals surface area contributed by atoms with Crippen LogP contribution >= 0.6 is 0 Å². The average molecular weight is 430 g/mol. The molecule has 0 amide bonds. The highest BCUT2D eigenvalue weighted by Gasteiger charge is 2.69. The normalized spacial score (nSPS) is 61.5. The summed E-state index contributed by atoms with van der Waals surface area (Å²) < 4.78 is 7.16. The van der Waals surface area contributed by atoms with E-state index in [1.54, 1.807) is 0 Å². The molecule has 6 aliphatic rings. The third-order valence-electron chi connectivity index (χ3n) is 12.6. The molecular formula is C28H47NO2. The molecule has 0 aromatic rings. The van der Waals surface area contributed by atoms with Crippen LogP contribution in [0.3, 0.4) is 0 Å². The second-order valence-electron chi connectivity index (χ2n) is 13.7. The molecule has 12 atom stereocenters. The van der Waals surface area contributed by atoms with E-state index in [4.69, 9.17) is 4.74 Å². The number of aliphatic hydroxyl groups is 1. The van der Waals surface area contributed by atoms with Crippen molar-refractivity contribution in [1.29, 1.82) is 0 Å². The molecule has 0 aromatic heterocycles. The molecule has 4 aliphatic carbocycles. The van der Waals surface area contributed by atoms with Crippen LogP contribution in [-0.2, 0) is 4.74 Å². The van der Waals surface area contributed by atoms with E-state index < -0.39 is 0 Å². The Bertz CT molecular complexity index is 726. The lowest BCUT2D eigenvalue weighted by atomic mass is 9.44. The zero-order valence-corrected chi connectivity index (χ0v) is 20.8. The van der Waals surface area contributed by atoms with Crippen molar-refractivity contribution in [1.82, 2.24) is 4.90 Å². The maximum Gasteiger partial charge on any atom is 0.124 e. The molecule has 1 spiro atoms. The molecule has 3 nitrogen and oxygen atoms in total. The Balaban J connectivity index is 1.27. The van der Waals surface area contributed by atoms with Crippen molar-refractivity contribution in [3.8, 4) is 0 Å². The Morgan fingerprint density at radius 1 is 0.871 bits per heavy atom. The van der Waals surface area contributed by atoms with Gasteiger partial charge >= 0.3 is 0 Å². The van der Waals surface area contributed by atoms with Crippen LogP contribution in [-0.4, -0.2) is 41.5 Å². The van der Waals surface area contributed by atoms with Crippen molar-refractivity contribution in [3.63, 3.8) is 0 Å². The van der Waals surface area contributed by atoms with Crippen LogP contribution in [0.15, 0.2) is 0 Å². The molecule has 12 unspecified atom stereocenters. The number of rotatable bonds is 0. The van der Waals surface area contributed by atoms with Gasteiger partial charge < -0.3 is 9.84 Å². The second-order valence-corrected chi connectivity index (χ2v) is 13.7. The lowest BCUT2D eigenvalue weighted by Crippen LogP contribution is -2.58. The Labute approximate surface area is 190 Å². The predicted octanol–water partition coefficient (Wildman–Crippen LogP) is 5.71. The highest BCUT2D eigenvalue weighted by Crippen LogP contribution is 2.71. The molecule has 31 heavy (non-hydrogen) atoms. The number of nitrogens with zero attached hydrogens (tertiary/aromatic N) is 1. The fourth-order valence-electron chi connectivity index (χ4n) is 11.0. The molecule has 2 saturated heterocycles. The lowest BCUT2D eigenvalue weighted by Gasteiger charge is -2.61. The monoisotopic (exact) mass is 429 g/mol. The summed E-state index contributed by atoms with van der Waals surface area (Å²) in [6, 6.07) is 0. The molecular weight excluding hydrogens is 382 g/mol. The van der Waals surface area contributed by atoms with E-state index in [1.165, 1.54) is 57.9 Å². The fourth-order valence-corrected chi connectivity index (χ4v) is 11.0. The van der Waals surface area contributed by atoms with Gasteiger partial charge in [-0.1, -0.05) is 27.7 Å². The largest absolute Gasteiger partial charge is 0.393 e. The highest BCUT2D eigenvalue weighted by molar-refractivity contribution is 5.16. The number of aliphatic hydroxyl groups excluding tert-OH is 1. The molecule has 0 aromatic carbocycles. The van der Waals surface area contributed by atoms with Crippen LogP contribution in [0, 0.1) is 52.3 Å². The lowest BCUT2D eigenvalue weighted by molar-refractivity contribution is -0.188. The molecule has 6 rings (SSSR count).